The number of aliphatic hydroxyl groups excluding tert-OH is 1. The van der Waals surface area contributed by atoms with Crippen molar-refractivity contribution in [1.29, 1.82) is 0 Å². The van der Waals surface area contributed by atoms with Crippen LogP contribution in [0.3, 0.4) is 0 Å². The zero-order valence-corrected chi connectivity index (χ0v) is 24.4. The molecule has 3 aromatic carbocycles. The molecule has 1 amide bonds. The van der Waals surface area contributed by atoms with E-state index in [1.54, 1.807) is 50.3 Å². The zero-order chi connectivity index (χ0) is 30.0. The van der Waals surface area contributed by atoms with E-state index in [1.807, 2.05) is 18.2 Å². The molecule has 12 heteroatoms. The van der Waals surface area contributed by atoms with Crippen LogP contribution in [0.2, 0.25) is 18.6 Å². The van der Waals surface area contributed by atoms with Gasteiger partial charge in [0.1, 0.15) is 0 Å². The number of carbonyl (C=O) groups is 1. The summed E-state index contributed by atoms with van der Waals surface area (Å²) in [5.74, 6) is -1.06. The number of non-ortho nitro benzene ring substituents is 1. The van der Waals surface area contributed by atoms with Gasteiger partial charge in [-0.3, -0.25) is 24.8 Å². The lowest BCUT2D eigenvalue weighted by molar-refractivity contribution is -0.385. The Bertz CT molecular complexity index is 1780. The average molecular weight is 591 g/mol. The number of H-pyrrole nitrogens is 1. The van der Waals surface area contributed by atoms with Gasteiger partial charge in [-0.25, -0.2) is 4.68 Å². The second-order valence-electron chi connectivity index (χ2n) is 11.6. The van der Waals surface area contributed by atoms with Crippen LogP contribution >= 0.6 is 0 Å². The minimum Gasteiger partial charge on any atom is -0.396 e. The second-order valence-corrected chi connectivity index (χ2v) is 15.4. The molecule has 2 N–H and O–H groups in total. The molecule has 10 nitrogen and oxygen atoms in total. The Morgan fingerprint density at radius 3 is 2.57 bits per heavy atom. The van der Waals surface area contributed by atoms with E-state index in [0.29, 0.717) is 33.4 Å². The monoisotopic (exact) mass is 590 g/mol. The molecular weight excluding hydrogens is 559 g/mol. The first kappa shape index (κ1) is 28.0. The molecule has 4 aromatic rings. The van der Waals surface area contributed by atoms with Crippen molar-refractivity contribution in [1.82, 2.24) is 9.78 Å². The molecule has 1 fully saturated rings. The topological polar surface area (TPSA) is 131 Å². The number of para-hydroxylation sites is 1. The van der Waals surface area contributed by atoms with Crippen LogP contribution in [0, 0.1) is 16.0 Å². The zero-order valence-electron chi connectivity index (χ0n) is 23.4. The molecule has 0 saturated carbocycles. The van der Waals surface area contributed by atoms with Crippen molar-refractivity contribution in [3.8, 4) is 5.69 Å². The van der Waals surface area contributed by atoms with Crippen molar-refractivity contribution in [3.05, 3.63) is 98.3 Å². The fraction of sp³-hybridized carbons (Fsp3) is 0.333. The van der Waals surface area contributed by atoms with E-state index in [4.69, 9.17) is 4.74 Å². The summed E-state index contributed by atoms with van der Waals surface area (Å²) in [5, 5.41) is 25.1. The number of anilines is 1. The first-order chi connectivity index (χ1) is 20.0. The minimum absolute atomic E-state index is 0.0933. The molecule has 42 heavy (non-hydrogen) atoms. The van der Waals surface area contributed by atoms with Crippen LogP contribution < -0.4 is 10.5 Å². The predicted octanol–water partition coefficient (Wildman–Crippen LogP) is 4.93. The Kier molecular flexibility index (Phi) is 6.67. The summed E-state index contributed by atoms with van der Waals surface area (Å²) in [6.45, 7) is 4.74. The summed E-state index contributed by atoms with van der Waals surface area (Å²) in [4.78, 5) is 40.2. The number of nitro groups is 1. The summed E-state index contributed by atoms with van der Waals surface area (Å²) in [6, 6.07) is 18.6. The van der Waals surface area contributed by atoms with Crippen LogP contribution in [0.5, 0.6) is 0 Å². The fourth-order valence-electron chi connectivity index (χ4n) is 6.92. The molecule has 3 heterocycles. The summed E-state index contributed by atoms with van der Waals surface area (Å²) in [6.07, 6.45) is -0.569. The minimum atomic E-state index is -3.40. The van der Waals surface area contributed by atoms with E-state index in [0.717, 1.165) is 0 Å². The summed E-state index contributed by atoms with van der Waals surface area (Å²) in [7, 11) is -3.40. The van der Waals surface area contributed by atoms with Crippen molar-refractivity contribution < 1.29 is 23.7 Å². The maximum Gasteiger partial charge on any atom is 0.279 e. The highest BCUT2D eigenvalue weighted by molar-refractivity contribution is 6.72. The number of hydrogen-bond donors (Lipinski definition) is 2. The molecule has 218 valence electrons. The third-order valence-corrected chi connectivity index (χ3v) is 11.1. The number of halogens is 1. The molecule has 0 aliphatic carbocycles. The van der Waals surface area contributed by atoms with Crippen molar-refractivity contribution >= 4 is 36.6 Å². The Balaban J connectivity index is 1.43. The number of aromatic nitrogens is 2. The Hall–Kier alpha value is -4.13. The van der Waals surface area contributed by atoms with Crippen LogP contribution in [0.4, 0.5) is 15.5 Å². The SMILES string of the molecule is C[C@@H]1[C@@H]([Si](C)(C)F)[C@H](CCO)O[C@@]12C(=O)N(Cc1cccc(-n3[nH]c4ccccc4c3=O)c1)c1ccc([N+](=O)[O-])cc12. The van der Waals surface area contributed by atoms with E-state index in [1.165, 1.54) is 27.8 Å². The first-order valence-corrected chi connectivity index (χ1v) is 16.8. The number of fused-ring (bicyclic) bond motifs is 3. The largest absolute Gasteiger partial charge is 0.396 e. The molecule has 1 spiro atoms. The third-order valence-electron chi connectivity index (χ3n) is 8.67. The molecule has 0 radical (unpaired) electrons. The maximum absolute atomic E-state index is 15.7. The molecule has 6 rings (SSSR count). The van der Waals surface area contributed by atoms with Gasteiger partial charge >= 0.3 is 0 Å². The van der Waals surface area contributed by atoms with Gasteiger partial charge in [0.2, 0.25) is 8.41 Å². The normalized spacial score (nSPS) is 23.7. The van der Waals surface area contributed by atoms with Gasteiger partial charge in [-0.2, -0.15) is 0 Å². The summed E-state index contributed by atoms with van der Waals surface area (Å²) in [5.41, 5.74) is 0.125. The first-order valence-electron chi connectivity index (χ1n) is 13.8. The number of nitrogens with zero attached hydrogens (tertiary/aromatic N) is 3. The second kappa shape index (κ2) is 10.0. The third kappa shape index (κ3) is 4.20. The van der Waals surface area contributed by atoms with E-state index in [-0.39, 0.29) is 30.8 Å². The lowest BCUT2D eigenvalue weighted by Gasteiger charge is -2.31. The highest BCUT2D eigenvalue weighted by atomic mass is 28.4. The number of hydrogen-bond acceptors (Lipinski definition) is 6. The van der Waals surface area contributed by atoms with Gasteiger partial charge in [0.25, 0.3) is 17.2 Å². The van der Waals surface area contributed by atoms with Gasteiger partial charge in [0, 0.05) is 35.8 Å². The molecule has 2 aliphatic heterocycles. The average Bonchev–Trinajstić information content (AvgIpc) is 3.53. The Morgan fingerprint density at radius 2 is 1.88 bits per heavy atom. The predicted molar refractivity (Wildman–Crippen MR) is 158 cm³/mol. The molecule has 1 aromatic heterocycles. The van der Waals surface area contributed by atoms with Crippen LogP contribution in [0.1, 0.15) is 24.5 Å². The quantitative estimate of drug-likeness (QED) is 0.136. The number of benzene rings is 3. The Morgan fingerprint density at radius 1 is 1.12 bits per heavy atom. The number of rotatable bonds is 7. The van der Waals surface area contributed by atoms with Crippen molar-refractivity contribution in [3.63, 3.8) is 0 Å². The lowest BCUT2D eigenvalue weighted by atomic mass is 9.82. The highest BCUT2D eigenvalue weighted by Crippen LogP contribution is 2.60. The van der Waals surface area contributed by atoms with Gasteiger partial charge in [-0.1, -0.05) is 31.2 Å². The van der Waals surface area contributed by atoms with Crippen LogP contribution in [-0.2, 0) is 21.7 Å². The fourth-order valence-corrected chi connectivity index (χ4v) is 9.46. The molecule has 1 saturated heterocycles. The molecule has 0 unspecified atom stereocenters. The van der Waals surface area contributed by atoms with Crippen LogP contribution in [-0.4, -0.2) is 46.8 Å². The molecular formula is C30H31FN4O6Si. The maximum atomic E-state index is 15.7. The molecule has 2 aliphatic rings. The molecule has 4 atom stereocenters. The summed E-state index contributed by atoms with van der Waals surface area (Å²) < 4.78 is 23.6. The highest BCUT2D eigenvalue weighted by Gasteiger charge is 2.66. The standard InChI is InChI=1S/C30H31FN4O6Si/c1-18-27(42(2,3)31)26(13-14-36)41-30(18)23-16-21(35(39)40)11-12-25(23)33(29(30)38)17-19-7-6-8-20(15-19)34-28(37)22-9-4-5-10-24(22)32-34/h4-12,15-16,18,26-27,32,36H,13-14,17H2,1-3H3/t18-,26+,27-,30+/m1/s1. The number of carbonyl (C=O) groups excluding carboxylic acids is 1. The number of nitro benzene ring substituents is 1. The number of aliphatic hydroxyl groups is 1. The van der Waals surface area contributed by atoms with E-state index in [9.17, 15) is 24.8 Å². The van der Waals surface area contributed by atoms with Gasteiger partial charge in [0.15, 0.2) is 5.60 Å². The van der Waals surface area contributed by atoms with Gasteiger partial charge in [-0.05, 0) is 55.4 Å². The number of aromatic amines is 1. The summed E-state index contributed by atoms with van der Waals surface area (Å²) >= 11 is 0. The molecule has 0 bridgehead atoms. The number of amides is 1. The van der Waals surface area contributed by atoms with Gasteiger partial charge in [-0.15, -0.1) is 0 Å². The number of nitrogens with one attached hydrogen (secondary N) is 1. The van der Waals surface area contributed by atoms with Crippen molar-refractivity contribution in [2.24, 2.45) is 5.92 Å². The van der Waals surface area contributed by atoms with Crippen molar-refractivity contribution in [2.45, 2.75) is 50.2 Å². The van der Waals surface area contributed by atoms with Gasteiger partial charge < -0.3 is 18.9 Å². The van der Waals surface area contributed by atoms with Crippen LogP contribution in [0.25, 0.3) is 16.6 Å². The van der Waals surface area contributed by atoms with Crippen LogP contribution in [0.15, 0.2) is 71.5 Å². The lowest BCUT2D eigenvalue weighted by Crippen LogP contribution is -2.45. The Labute approximate surface area is 241 Å². The smallest absolute Gasteiger partial charge is 0.279 e. The van der Waals surface area contributed by atoms with E-state index < -0.39 is 42.4 Å². The van der Waals surface area contributed by atoms with E-state index in [2.05, 4.69) is 5.10 Å². The van der Waals surface area contributed by atoms with E-state index >= 15 is 4.11 Å². The van der Waals surface area contributed by atoms with Gasteiger partial charge in [0.05, 0.1) is 39.8 Å². The number of ether oxygens (including phenoxy) is 1. The van der Waals surface area contributed by atoms with Crippen molar-refractivity contribution in [2.75, 3.05) is 11.5 Å².